The molecule has 3 heterocycles. The molecule has 4 aromatic rings. The summed E-state index contributed by atoms with van der Waals surface area (Å²) in [7, 11) is 0. The van der Waals surface area contributed by atoms with Crippen molar-refractivity contribution in [3.8, 4) is 28.3 Å². The summed E-state index contributed by atoms with van der Waals surface area (Å²) in [6, 6.07) is 8.73. The van der Waals surface area contributed by atoms with Crippen LogP contribution in [0, 0.1) is 0 Å². The van der Waals surface area contributed by atoms with Crippen LogP contribution in [0.2, 0.25) is 0 Å². The van der Waals surface area contributed by atoms with Gasteiger partial charge in [0.05, 0.1) is 0 Å². The fourth-order valence-corrected chi connectivity index (χ4v) is 2.45. The average molecular weight is 306 g/mol. The Kier molecular flexibility index (Phi) is 2.87. The van der Waals surface area contributed by atoms with E-state index in [2.05, 4.69) is 30.6 Å². The number of hydrogen-bond donors (Lipinski definition) is 3. The summed E-state index contributed by atoms with van der Waals surface area (Å²) in [5.74, 6) is 0.154. The Morgan fingerprint density at radius 1 is 1.09 bits per heavy atom. The van der Waals surface area contributed by atoms with Gasteiger partial charge in [0.15, 0.2) is 5.75 Å². The van der Waals surface area contributed by atoms with Crippen molar-refractivity contribution in [3.63, 3.8) is 0 Å². The van der Waals surface area contributed by atoms with E-state index in [0.29, 0.717) is 11.3 Å². The lowest BCUT2D eigenvalue weighted by atomic mass is 10.0. The molecule has 0 bridgehead atoms. The van der Waals surface area contributed by atoms with Crippen molar-refractivity contribution in [3.05, 3.63) is 53.1 Å². The lowest BCUT2D eigenvalue weighted by Crippen LogP contribution is -2.04. The van der Waals surface area contributed by atoms with Crippen molar-refractivity contribution in [1.82, 2.24) is 30.6 Å². The number of rotatable bonds is 2. The molecular formula is C15H10N6O2. The van der Waals surface area contributed by atoms with E-state index in [9.17, 15) is 9.90 Å². The van der Waals surface area contributed by atoms with Gasteiger partial charge in [-0.2, -0.15) is 5.21 Å². The molecule has 8 nitrogen and oxygen atoms in total. The molecule has 112 valence electrons. The Morgan fingerprint density at radius 3 is 2.83 bits per heavy atom. The van der Waals surface area contributed by atoms with Gasteiger partial charge in [0, 0.05) is 34.4 Å². The topological polar surface area (TPSA) is 120 Å². The number of nitrogens with one attached hydrogen (secondary N) is 2. The van der Waals surface area contributed by atoms with E-state index >= 15 is 0 Å². The fraction of sp³-hybridized carbons (Fsp3) is 0. The highest BCUT2D eigenvalue weighted by molar-refractivity contribution is 5.88. The van der Waals surface area contributed by atoms with E-state index in [1.807, 2.05) is 18.2 Å². The maximum absolute atomic E-state index is 11.6. The summed E-state index contributed by atoms with van der Waals surface area (Å²) >= 11 is 0. The third-order valence-electron chi connectivity index (χ3n) is 3.54. The zero-order valence-corrected chi connectivity index (χ0v) is 11.7. The second-order valence-corrected chi connectivity index (χ2v) is 4.94. The summed E-state index contributed by atoms with van der Waals surface area (Å²) in [5, 5.41) is 24.2. The van der Waals surface area contributed by atoms with Crippen LogP contribution < -0.4 is 5.56 Å². The predicted molar refractivity (Wildman–Crippen MR) is 82.6 cm³/mol. The zero-order chi connectivity index (χ0) is 15.8. The monoisotopic (exact) mass is 306 g/mol. The Hall–Kier alpha value is -3.55. The molecule has 0 spiro atoms. The third kappa shape index (κ3) is 2.22. The minimum Gasteiger partial charge on any atom is -0.503 e. The van der Waals surface area contributed by atoms with Crippen LogP contribution >= 0.6 is 0 Å². The van der Waals surface area contributed by atoms with E-state index in [0.717, 1.165) is 22.1 Å². The number of nitrogens with zero attached hydrogens (tertiary/aromatic N) is 4. The van der Waals surface area contributed by atoms with E-state index < -0.39 is 5.56 Å². The number of aromatic amines is 2. The molecule has 0 radical (unpaired) electrons. The number of aromatic hydroxyl groups is 1. The van der Waals surface area contributed by atoms with Crippen molar-refractivity contribution >= 4 is 10.9 Å². The minimum atomic E-state index is -0.528. The minimum absolute atomic E-state index is 0.306. The van der Waals surface area contributed by atoms with Gasteiger partial charge in [-0.3, -0.25) is 9.78 Å². The largest absolute Gasteiger partial charge is 0.503 e. The van der Waals surface area contributed by atoms with Crippen LogP contribution in [-0.4, -0.2) is 35.7 Å². The van der Waals surface area contributed by atoms with Crippen LogP contribution in [-0.2, 0) is 0 Å². The maximum atomic E-state index is 11.6. The Labute approximate surface area is 128 Å². The van der Waals surface area contributed by atoms with Crippen LogP contribution in [0.3, 0.4) is 0 Å². The lowest BCUT2D eigenvalue weighted by molar-refractivity contribution is 0.468. The number of benzene rings is 1. The molecule has 0 aliphatic heterocycles. The molecule has 0 amide bonds. The third-order valence-corrected chi connectivity index (χ3v) is 3.54. The molecule has 23 heavy (non-hydrogen) atoms. The number of fused-ring (bicyclic) bond motifs is 1. The van der Waals surface area contributed by atoms with Crippen molar-refractivity contribution in [1.29, 1.82) is 0 Å². The smallest absolute Gasteiger partial charge is 0.290 e. The SMILES string of the molecule is O=c1[nH]c2cc(-c3cnccc3-c3nn[nH]n3)ccc2cc1O. The van der Waals surface area contributed by atoms with Crippen molar-refractivity contribution in [2.24, 2.45) is 0 Å². The summed E-state index contributed by atoms with van der Waals surface area (Å²) in [6.07, 6.45) is 3.35. The molecule has 3 aromatic heterocycles. The molecule has 0 saturated carbocycles. The van der Waals surface area contributed by atoms with Gasteiger partial charge >= 0.3 is 0 Å². The number of H-pyrrole nitrogens is 2. The predicted octanol–water partition coefficient (Wildman–Crippen LogP) is 1.48. The fourth-order valence-electron chi connectivity index (χ4n) is 2.45. The Morgan fingerprint density at radius 2 is 2.00 bits per heavy atom. The summed E-state index contributed by atoms with van der Waals surface area (Å²) < 4.78 is 0. The molecule has 0 unspecified atom stereocenters. The first-order chi connectivity index (χ1) is 11.2. The summed E-state index contributed by atoms with van der Waals surface area (Å²) in [5.41, 5.74) is 2.51. The second-order valence-electron chi connectivity index (χ2n) is 4.94. The molecule has 8 heteroatoms. The van der Waals surface area contributed by atoms with Crippen molar-refractivity contribution in [2.75, 3.05) is 0 Å². The number of tetrazole rings is 1. The molecular weight excluding hydrogens is 296 g/mol. The Bertz CT molecular complexity index is 1060. The lowest BCUT2D eigenvalue weighted by Gasteiger charge is -2.07. The van der Waals surface area contributed by atoms with Crippen LogP contribution in [0.1, 0.15) is 0 Å². The van der Waals surface area contributed by atoms with Crippen LogP contribution in [0.4, 0.5) is 0 Å². The van der Waals surface area contributed by atoms with Gasteiger partial charge in [-0.15, -0.1) is 10.2 Å². The highest BCUT2D eigenvalue weighted by Gasteiger charge is 2.12. The van der Waals surface area contributed by atoms with Gasteiger partial charge in [-0.1, -0.05) is 12.1 Å². The number of aromatic nitrogens is 6. The molecule has 0 atom stereocenters. The van der Waals surface area contributed by atoms with E-state index in [-0.39, 0.29) is 5.75 Å². The molecule has 3 N–H and O–H groups in total. The van der Waals surface area contributed by atoms with Crippen molar-refractivity contribution in [2.45, 2.75) is 0 Å². The quantitative estimate of drug-likeness (QED) is 0.516. The van der Waals surface area contributed by atoms with Gasteiger partial charge < -0.3 is 10.1 Å². The van der Waals surface area contributed by atoms with E-state index in [1.54, 1.807) is 18.5 Å². The average Bonchev–Trinajstić information content (AvgIpc) is 3.10. The van der Waals surface area contributed by atoms with E-state index in [1.165, 1.54) is 6.07 Å². The number of hydrogen-bond acceptors (Lipinski definition) is 6. The molecule has 0 fully saturated rings. The molecule has 0 saturated heterocycles. The molecule has 4 rings (SSSR count). The first kappa shape index (κ1) is 13.1. The van der Waals surface area contributed by atoms with Crippen LogP contribution in [0.5, 0.6) is 5.75 Å². The molecule has 1 aromatic carbocycles. The van der Waals surface area contributed by atoms with Gasteiger partial charge in [0.1, 0.15) is 0 Å². The maximum Gasteiger partial charge on any atom is 0.290 e. The zero-order valence-electron chi connectivity index (χ0n) is 11.7. The van der Waals surface area contributed by atoms with E-state index in [4.69, 9.17) is 0 Å². The first-order valence-electron chi connectivity index (χ1n) is 6.76. The van der Waals surface area contributed by atoms with Gasteiger partial charge in [-0.05, 0) is 29.0 Å². The van der Waals surface area contributed by atoms with Crippen LogP contribution in [0.25, 0.3) is 33.4 Å². The molecule has 0 aliphatic rings. The first-order valence-corrected chi connectivity index (χ1v) is 6.76. The number of pyridine rings is 2. The van der Waals surface area contributed by atoms with Gasteiger partial charge in [0.2, 0.25) is 5.82 Å². The summed E-state index contributed by atoms with van der Waals surface area (Å²) in [6.45, 7) is 0. The summed E-state index contributed by atoms with van der Waals surface area (Å²) in [4.78, 5) is 18.4. The Balaban J connectivity index is 1.93. The second kappa shape index (κ2) is 5.02. The standard InChI is InChI=1S/C15H10N6O2/c22-13-6-9-2-1-8(5-12(9)17-15(13)23)11-7-16-4-3-10(11)14-18-20-21-19-14/h1-7,22H,(H,17,23)(H,18,19,20,21). The highest BCUT2D eigenvalue weighted by atomic mass is 16.3. The van der Waals surface area contributed by atoms with Crippen molar-refractivity contribution < 1.29 is 5.11 Å². The van der Waals surface area contributed by atoms with Gasteiger partial charge in [-0.25, -0.2) is 0 Å². The van der Waals surface area contributed by atoms with Crippen LogP contribution in [0.15, 0.2) is 47.5 Å². The highest BCUT2D eigenvalue weighted by Crippen LogP contribution is 2.30. The normalized spacial score (nSPS) is 11.0. The molecule has 0 aliphatic carbocycles. The van der Waals surface area contributed by atoms with Gasteiger partial charge in [0.25, 0.3) is 5.56 Å².